The minimum absolute atomic E-state index is 0.0272. The molecule has 1 heterocycles. The molecule has 1 aromatic heterocycles. The molecule has 0 saturated heterocycles. The summed E-state index contributed by atoms with van der Waals surface area (Å²) >= 11 is 0.975. The van der Waals surface area contributed by atoms with Crippen molar-refractivity contribution in [3.8, 4) is 0 Å². The molecule has 6 nitrogen and oxygen atoms in total. The number of nitrogens with one attached hydrogen (secondary N) is 1. The lowest BCUT2D eigenvalue weighted by Gasteiger charge is -2.24. The fourth-order valence-electron chi connectivity index (χ4n) is 1.94. The Kier molecular flexibility index (Phi) is 5.24. The van der Waals surface area contributed by atoms with Gasteiger partial charge in [-0.3, -0.25) is 4.79 Å². The van der Waals surface area contributed by atoms with Gasteiger partial charge >= 0.3 is 5.97 Å². The zero-order valence-corrected chi connectivity index (χ0v) is 13.0. The fourth-order valence-corrected chi connectivity index (χ4v) is 2.74. The van der Waals surface area contributed by atoms with Crippen LogP contribution in [0.4, 0.5) is 5.00 Å². The van der Waals surface area contributed by atoms with Crippen LogP contribution >= 0.6 is 11.5 Å². The molecule has 1 aromatic rings. The predicted molar refractivity (Wildman–Crippen MR) is 79.1 cm³/mol. The van der Waals surface area contributed by atoms with Crippen molar-refractivity contribution in [3.05, 3.63) is 11.3 Å². The van der Waals surface area contributed by atoms with Gasteiger partial charge in [0.1, 0.15) is 10.6 Å². The minimum atomic E-state index is -1.09. The zero-order valence-electron chi connectivity index (χ0n) is 12.2. The normalized spacial score (nSPS) is 13.1. The van der Waals surface area contributed by atoms with Crippen molar-refractivity contribution < 1.29 is 14.7 Å². The molecule has 0 saturated carbocycles. The first kappa shape index (κ1) is 16.6. The first-order valence-electron chi connectivity index (χ1n) is 6.36. The highest BCUT2D eigenvalue weighted by Gasteiger charge is 2.26. The maximum absolute atomic E-state index is 12.2. The van der Waals surface area contributed by atoms with Crippen LogP contribution in [-0.4, -0.2) is 27.9 Å². The molecule has 112 valence electrons. The van der Waals surface area contributed by atoms with Crippen LogP contribution in [0.2, 0.25) is 0 Å². The molecule has 20 heavy (non-hydrogen) atoms. The van der Waals surface area contributed by atoms with E-state index in [0.29, 0.717) is 12.1 Å². The van der Waals surface area contributed by atoms with E-state index >= 15 is 0 Å². The average molecular weight is 299 g/mol. The lowest BCUT2D eigenvalue weighted by molar-refractivity contribution is -0.120. The molecule has 7 heteroatoms. The summed E-state index contributed by atoms with van der Waals surface area (Å²) in [5.74, 6) is -1.70. The van der Waals surface area contributed by atoms with Gasteiger partial charge in [0.2, 0.25) is 5.91 Å². The number of amides is 1. The van der Waals surface area contributed by atoms with Crippen molar-refractivity contribution in [1.29, 1.82) is 0 Å². The first-order chi connectivity index (χ1) is 9.15. The first-order valence-corrected chi connectivity index (χ1v) is 7.13. The molecule has 0 aromatic carbocycles. The summed E-state index contributed by atoms with van der Waals surface area (Å²) in [5, 5.41) is 12.0. The number of carboxylic acid groups (broad SMARTS) is 1. The summed E-state index contributed by atoms with van der Waals surface area (Å²) in [5.41, 5.74) is 6.07. The van der Waals surface area contributed by atoms with E-state index in [-0.39, 0.29) is 34.3 Å². The number of nitrogens with zero attached hydrogens (tertiary/aromatic N) is 1. The monoisotopic (exact) mass is 299 g/mol. The topological polar surface area (TPSA) is 105 Å². The van der Waals surface area contributed by atoms with E-state index in [0.717, 1.165) is 11.5 Å². The van der Waals surface area contributed by atoms with Gasteiger partial charge < -0.3 is 16.2 Å². The average Bonchev–Trinajstić information content (AvgIpc) is 2.66. The van der Waals surface area contributed by atoms with E-state index in [4.69, 9.17) is 10.8 Å². The van der Waals surface area contributed by atoms with Crippen molar-refractivity contribution in [2.75, 3.05) is 11.9 Å². The summed E-state index contributed by atoms with van der Waals surface area (Å²) in [6, 6.07) is 0. The molecule has 1 unspecified atom stereocenters. The van der Waals surface area contributed by atoms with Crippen molar-refractivity contribution >= 4 is 28.4 Å². The number of nitrogens with two attached hydrogens (primary N) is 1. The highest BCUT2D eigenvalue weighted by Crippen LogP contribution is 2.28. The molecular weight excluding hydrogens is 278 g/mol. The number of carbonyl (C=O) groups excluding carboxylic acids is 1. The molecule has 0 fully saturated rings. The molecule has 0 spiro atoms. The van der Waals surface area contributed by atoms with Crippen molar-refractivity contribution in [2.24, 2.45) is 17.1 Å². The van der Waals surface area contributed by atoms with Gasteiger partial charge in [-0.2, -0.15) is 4.37 Å². The van der Waals surface area contributed by atoms with Crippen LogP contribution in [0.1, 0.15) is 43.2 Å². The zero-order chi connectivity index (χ0) is 15.5. The molecule has 0 aliphatic heterocycles. The lowest BCUT2D eigenvalue weighted by Crippen LogP contribution is -2.32. The Morgan fingerprint density at radius 3 is 2.50 bits per heavy atom. The van der Waals surface area contributed by atoms with Gasteiger partial charge in [0.05, 0.1) is 11.6 Å². The van der Waals surface area contributed by atoms with E-state index < -0.39 is 5.97 Å². The molecule has 0 aliphatic rings. The van der Waals surface area contributed by atoms with Gasteiger partial charge in [0.25, 0.3) is 0 Å². The Labute approximate surface area is 122 Å². The van der Waals surface area contributed by atoms with E-state index in [1.807, 2.05) is 20.8 Å². The van der Waals surface area contributed by atoms with Crippen LogP contribution in [0.3, 0.4) is 0 Å². The molecule has 1 rings (SSSR count). The highest BCUT2D eigenvalue weighted by molar-refractivity contribution is 7.11. The Morgan fingerprint density at radius 1 is 1.45 bits per heavy atom. The Hall–Kier alpha value is -1.47. The molecule has 0 aliphatic carbocycles. The maximum atomic E-state index is 12.2. The number of aryl methyl sites for hydroxylation is 1. The SMILES string of the molecule is Cc1nsc(NC(=O)C(CN)CC(C)(C)C)c1C(=O)O. The fraction of sp³-hybridized carbons (Fsp3) is 0.615. The van der Waals surface area contributed by atoms with Gasteiger partial charge in [0.15, 0.2) is 0 Å². The number of aromatic carboxylic acids is 1. The van der Waals surface area contributed by atoms with E-state index in [1.54, 1.807) is 6.92 Å². The van der Waals surface area contributed by atoms with Gasteiger partial charge in [-0.05, 0) is 30.3 Å². The summed E-state index contributed by atoms with van der Waals surface area (Å²) in [7, 11) is 0. The van der Waals surface area contributed by atoms with E-state index in [9.17, 15) is 9.59 Å². The maximum Gasteiger partial charge on any atom is 0.340 e. The quantitative estimate of drug-likeness (QED) is 0.772. The molecule has 4 N–H and O–H groups in total. The molecule has 0 radical (unpaired) electrons. The Balaban J connectivity index is 2.87. The standard InChI is InChI=1S/C13H21N3O3S/c1-7-9(12(18)19)11(20-16-7)15-10(17)8(6-14)5-13(2,3)4/h8H,5-6,14H2,1-4H3,(H,15,17)(H,18,19). The Bertz CT molecular complexity index is 505. The number of carbonyl (C=O) groups is 2. The Morgan fingerprint density at radius 2 is 2.05 bits per heavy atom. The summed E-state index contributed by atoms with van der Waals surface area (Å²) in [6.45, 7) is 7.92. The largest absolute Gasteiger partial charge is 0.478 e. The number of rotatable bonds is 5. The highest BCUT2D eigenvalue weighted by atomic mass is 32.1. The number of carboxylic acids is 1. The second-order valence-corrected chi connectivity index (χ2v) is 6.74. The van der Waals surface area contributed by atoms with Crippen molar-refractivity contribution in [3.63, 3.8) is 0 Å². The number of hydrogen-bond donors (Lipinski definition) is 3. The van der Waals surface area contributed by atoms with Crippen LogP contribution in [-0.2, 0) is 4.79 Å². The summed E-state index contributed by atoms with van der Waals surface area (Å²) in [4.78, 5) is 23.3. The van der Waals surface area contributed by atoms with Gasteiger partial charge in [0, 0.05) is 6.54 Å². The third kappa shape index (κ3) is 4.28. The number of anilines is 1. The molecular formula is C13H21N3O3S. The second-order valence-electron chi connectivity index (χ2n) is 5.96. The molecule has 0 bridgehead atoms. The number of aromatic nitrogens is 1. The summed E-state index contributed by atoms with van der Waals surface area (Å²) in [6.07, 6.45) is 0.634. The molecule has 1 amide bonds. The van der Waals surface area contributed by atoms with Crippen molar-refractivity contribution in [1.82, 2.24) is 4.37 Å². The summed E-state index contributed by atoms with van der Waals surface area (Å²) < 4.78 is 3.97. The smallest absolute Gasteiger partial charge is 0.340 e. The van der Waals surface area contributed by atoms with Gasteiger partial charge in [-0.1, -0.05) is 20.8 Å². The van der Waals surface area contributed by atoms with Crippen LogP contribution in [0.25, 0.3) is 0 Å². The minimum Gasteiger partial charge on any atom is -0.478 e. The van der Waals surface area contributed by atoms with Crippen molar-refractivity contribution in [2.45, 2.75) is 34.1 Å². The number of hydrogen-bond acceptors (Lipinski definition) is 5. The van der Waals surface area contributed by atoms with Crippen LogP contribution in [0, 0.1) is 18.3 Å². The lowest BCUT2D eigenvalue weighted by atomic mass is 9.84. The van der Waals surface area contributed by atoms with E-state index in [2.05, 4.69) is 9.69 Å². The second kappa shape index (κ2) is 6.32. The van der Waals surface area contributed by atoms with Gasteiger partial charge in [-0.25, -0.2) is 4.79 Å². The third-order valence-corrected chi connectivity index (χ3v) is 3.68. The van der Waals surface area contributed by atoms with Crippen LogP contribution in [0.5, 0.6) is 0 Å². The predicted octanol–water partition coefficient (Wildman–Crippen LogP) is 2.10. The van der Waals surface area contributed by atoms with Crippen LogP contribution < -0.4 is 11.1 Å². The van der Waals surface area contributed by atoms with E-state index in [1.165, 1.54) is 0 Å². The van der Waals surface area contributed by atoms with Crippen LogP contribution in [0.15, 0.2) is 0 Å². The molecule has 1 atom stereocenters. The van der Waals surface area contributed by atoms with Gasteiger partial charge in [-0.15, -0.1) is 0 Å². The third-order valence-electron chi connectivity index (χ3n) is 2.83.